The first-order chi connectivity index (χ1) is 14.7. The molecule has 8 heteroatoms. The SMILES string of the molecule is O=C(NCCOc1ccc2c(c1)OCO2)c1cccnc1SCc1ccc(F)cc1. The Labute approximate surface area is 177 Å². The summed E-state index contributed by atoms with van der Waals surface area (Å²) in [7, 11) is 0. The quantitative estimate of drug-likeness (QED) is 0.433. The van der Waals surface area contributed by atoms with Crippen LogP contribution in [0, 0.1) is 5.82 Å². The maximum Gasteiger partial charge on any atom is 0.254 e. The van der Waals surface area contributed by atoms with Crippen molar-refractivity contribution in [2.45, 2.75) is 10.8 Å². The molecule has 4 rings (SSSR count). The highest BCUT2D eigenvalue weighted by Gasteiger charge is 2.15. The molecule has 30 heavy (non-hydrogen) atoms. The van der Waals surface area contributed by atoms with Crippen LogP contribution in [0.25, 0.3) is 0 Å². The predicted molar refractivity (Wildman–Crippen MR) is 111 cm³/mol. The van der Waals surface area contributed by atoms with E-state index in [2.05, 4.69) is 10.3 Å². The normalized spacial score (nSPS) is 11.9. The van der Waals surface area contributed by atoms with Gasteiger partial charge in [0, 0.05) is 18.0 Å². The number of fused-ring (bicyclic) bond motifs is 1. The molecule has 1 N–H and O–H groups in total. The Morgan fingerprint density at radius 1 is 1.13 bits per heavy atom. The first kappa shape index (κ1) is 20.0. The second kappa shape index (κ2) is 9.49. The molecular formula is C22H19FN2O4S. The van der Waals surface area contributed by atoms with Gasteiger partial charge in [-0.25, -0.2) is 9.37 Å². The van der Waals surface area contributed by atoms with Crippen LogP contribution in [-0.4, -0.2) is 30.8 Å². The van der Waals surface area contributed by atoms with Crippen molar-refractivity contribution in [3.63, 3.8) is 0 Å². The third-order valence-electron chi connectivity index (χ3n) is 4.30. The molecule has 6 nitrogen and oxygen atoms in total. The number of nitrogens with zero attached hydrogens (tertiary/aromatic N) is 1. The number of carbonyl (C=O) groups excluding carboxylic acids is 1. The van der Waals surface area contributed by atoms with Gasteiger partial charge in [-0.05, 0) is 42.0 Å². The number of halogens is 1. The van der Waals surface area contributed by atoms with E-state index in [1.54, 1.807) is 48.7 Å². The molecule has 3 aromatic rings. The highest BCUT2D eigenvalue weighted by Crippen LogP contribution is 2.35. The van der Waals surface area contributed by atoms with Gasteiger partial charge in [-0.1, -0.05) is 12.1 Å². The molecule has 1 aliphatic rings. The van der Waals surface area contributed by atoms with Crippen molar-refractivity contribution < 1.29 is 23.4 Å². The van der Waals surface area contributed by atoms with Crippen LogP contribution in [-0.2, 0) is 5.75 Å². The van der Waals surface area contributed by atoms with Gasteiger partial charge in [0.1, 0.15) is 23.2 Å². The third-order valence-corrected chi connectivity index (χ3v) is 5.38. The predicted octanol–water partition coefficient (Wildman–Crippen LogP) is 4.05. The zero-order chi connectivity index (χ0) is 20.8. The van der Waals surface area contributed by atoms with Gasteiger partial charge < -0.3 is 19.5 Å². The lowest BCUT2D eigenvalue weighted by Crippen LogP contribution is -2.28. The topological polar surface area (TPSA) is 69.7 Å². The van der Waals surface area contributed by atoms with Gasteiger partial charge in [0.2, 0.25) is 6.79 Å². The van der Waals surface area contributed by atoms with E-state index < -0.39 is 0 Å². The van der Waals surface area contributed by atoms with Gasteiger partial charge in [-0.15, -0.1) is 11.8 Å². The highest BCUT2D eigenvalue weighted by molar-refractivity contribution is 7.98. The molecule has 0 aliphatic carbocycles. The number of pyridine rings is 1. The van der Waals surface area contributed by atoms with E-state index in [0.717, 1.165) is 5.56 Å². The number of carbonyl (C=O) groups is 1. The van der Waals surface area contributed by atoms with Gasteiger partial charge >= 0.3 is 0 Å². The maximum absolute atomic E-state index is 13.0. The Hall–Kier alpha value is -3.26. The van der Waals surface area contributed by atoms with Gasteiger partial charge in [-0.2, -0.15) is 0 Å². The first-order valence-corrected chi connectivity index (χ1v) is 10.3. The summed E-state index contributed by atoms with van der Waals surface area (Å²) >= 11 is 1.43. The lowest BCUT2D eigenvalue weighted by molar-refractivity contribution is 0.0943. The summed E-state index contributed by atoms with van der Waals surface area (Å²) in [6.07, 6.45) is 1.65. The van der Waals surface area contributed by atoms with Crippen molar-refractivity contribution in [2.24, 2.45) is 0 Å². The van der Waals surface area contributed by atoms with Crippen molar-refractivity contribution >= 4 is 17.7 Å². The van der Waals surface area contributed by atoms with Crippen LogP contribution in [0.5, 0.6) is 17.2 Å². The van der Waals surface area contributed by atoms with Crippen molar-refractivity contribution in [1.82, 2.24) is 10.3 Å². The average molecular weight is 426 g/mol. The Morgan fingerprint density at radius 3 is 2.83 bits per heavy atom. The van der Waals surface area contributed by atoms with E-state index >= 15 is 0 Å². The van der Waals surface area contributed by atoms with E-state index in [1.165, 1.54) is 23.9 Å². The molecule has 1 aromatic heterocycles. The summed E-state index contributed by atoms with van der Waals surface area (Å²) in [4.78, 5) is 16.9. The number of hydrogen-bond donors (Lipinski definition) is 1. The van der Waals surface area contributed by atoms with Crippen LogP contribution in [0.2, 0.25) is 0 Å². The van der Waals surface area contributed by atoms with Crippen LogP contribution < -0.4 is 19.5 Å². The number of ether oxygens (including phenoxy) is 3. The van der Waals surface area contributed by atoms with Gasteiger partial charge in [-0.3, -0.25) is 4.79 Å². The number of rotatable bonds is 8. The molecule has 2 heterocycles. The van der Waals surface area contributed by atoms with E-state index in [1.807, 2.05) is 0 Å². The third kappa shape index (κ3) is 5.01. The van der Waals surface area contributed by atoms with Crippen molar-refractivity contribution in [3.05, 3.63) is 77.7 Å². The summed E-state index contributed by atoms with van der Waals surface area (Å²) < 4.78 is 29.3. The molecular weight excluding hydrogens is 407 g/mol. The molecule has 0 unspecified atom stereocenters. The zero-order valence-corrected chi connectivity index (χ0v) is 16.8. The van der Waals surface area contributed by atoms with E-state index in [4.69, 9.17) is 14.2 Å². The minimum atomic E-state index is -0.274. The molecule has 0 atom stereocenters. The molecule has 0 saturated heterocycles. The summed E-state index contributed by atoms with van der Waals surface area (Å²) in [5.41, 5.74) is 1.45. The highest BCUT2D eigenvalue weighted by atomic mass is 32.2. The van der Waals surface area contributed by atoms with E-state index in [0.29, 0.717) is 46.7 Å². The zero-order valence-electron chi connectivity index (χ0n) is 16.0. The Kier molecular flexibility index (Phi) is 6.34. The minimum absolute atomic E-state index is 0.210. The maximum atomic E-state index is 13.0. The monoisotopic (exact) mass is 426 g/mol. The molecule has 0 radical (unpaired) electrons. The summed E-state index contributed by atoms with van der Waals surface area (Å²) in [5, 5.41) is 3.47. The molecule has 154 valence electrons. The van der Waals surface area contributed by atoms with Crippen LogP contribution in [0.1, 0.15) is 15.9 Å². The number of nitrogens with one attached hydrogen (secondary N) is 1. The van der Waals surface area contributed by atoms with Crippen LogP contribution in [0.4, 0.5) is 4.39 Å². The molecule has 2 aromatic carbocycles. The lowest BCUT2D eigenvalue weighted by atomic mass is 10.2. The Bertz CT molecular complexity index is 1030. The number of thioether (sulfide) groups is 1. The summed E-state index contributed by atoms with van der Waals surface area (Å²) in [6.45, 7) is 0.857. The van der Waals surface area contributed by atoms with Crippen molar-refractivity contribution in [3.8, 4) is 17.2 Å². The fraction of sp³-hybridized carbons (Fsp3) is 0.182. The molecule has 1 aliphatic heterocycles. The number of benzene rings is 2. The molecule has 0 fully saturated rings. The van der Waals surface area contributed by atoms with E-state index in [-0.39, 0.29) is 18.5 Å². The number of amides is 1. The summed E-state index contributed by atoms with van der Waals surface area (Å²) in [6, 6.07) is 15.1. The number of hydrogen-bond acceptors (Lipinski definition) is 6. The molecule has 0 bridgehead atoms. The standard InChI is InChI=1S/C22H19FN2O4S/c23-16-5-3-15(4-6-16)13-30-22-18(2-1-9-25-22)21(26)24-10-11-27-17-7-8-19-20(12-17)29-14-28-19/h1-9,12H,10-11,13-14H2,(H,24,26). The largest absolute Gasteiger partial charge is 0.492 e. The average Bonchev–Trinajstić information content (AvgIpc) is 3.24. The molecule has 0 spiro atoms. The Balaban J connectivity index is 1.28. The Morgan fingerprint density at radius 2 is 1.97 bits per heavy atom. The van der Waals surface area contributed by atoms with Gasteiger partial charge in [0.15, 0.2) is 11.5 Å². The van der Waals surface area contributed by atoms with Gasteiger partial charge in [0.05, 0.1) is 12.1 Å². The lowest BCUT2D eigenvalue weighted by Gasteiger charge is -2.10. The van der Waals surface area contributed by atoms with E-state index in [9.17, 15) is 9.18 Å². The second-order valence-corrected chi connectivity index (χ2v) is 7.35. The smallest absolute Gasteiger partial charge is 0.254 e. The molecule has 0 saturated carbocycles. The van der Waals surface area contributed by atoms with Crippen LogP contribution in [0.15, 0.2) is 65.8 Å². The fourth-order valence-corrected chi connectivity index (χ4v) is 3.75. The minimum Gasteiger partial charge on any atom is -0.492 e. The van der Waals surface area contributed by atoms with Crippen LogP contribution in [0.3, 0.4) is 0 Å². The second-order valence-electron chi connectivity index (χ2n) is 6.39. The van der Waals surface area contributed by atoms with Crippen molar-refractivity contribution in [1.29, 1.82) is 0 Å². The fourth-order valence-electron chi connectivity index (χ4n) is 2.81. The van der Waals surface area contributed by atoms with Crippen LogP contribution >= 0.6 is 11.8 Å². The van der Waals surface area contributed by atoms with Gasteiger partial charge in [0.25, 0.3) is 5.91 Å². The number of aromatic nitrogens is 1. The molecule has 1 amide bonds. The van der Waals surface area contributed by atoms with Crippen molar-refractivity contribution in [2.75, 3.05) is 19.9 Å². The summed E-state index contributed by atoms with van der Waals surface area (Å²) in [5.74, 6) is 2.08. The first-order valence-electron chi connectivity index (χ1n) is 9.32.